The van der Waals surface area contributed by atoms with E-state index in [0.29, 0.717) is 0 Å². The van der Waals surface area contributed by atoms with Gasteiger partial charge in [-0.05, 0) is 94.2 Å². The Morgan fingerprint density at radius 3 is 1.21 bits per heavy atom. The molecule has 2 aliphatic rings. The Kier molecular flexibility index (Phi) is 7.00. The Balaban J connectivity index is 1.79. The third-order valence-corrected chi connectivity index (χ3v) is 10.1. The van der Waals surface area contributed by atoms with E-state index in [2.05, 4.69) is 166 Å². The van der Waals surface area contributed by atoms with Crippen molar-refractivity contribution in [3.63, 3.8) is 0 Å². The predicted molar refractivity (Wildman–Crippen MR) is 186 cm³/mol. The summed E-state index contributed by atoms with van der Waals surface area (Å²) in [5, 5.41) is 0. The fraction of sp³-hybridized carbons (Fsp3) is 0.349. The molecular formula is C43H48. The highest BCUT2D eigenvalue weighted by Gasteiger charge is 2.52. The van der Waals surface area contributed by atoms with Gasteiger partial charge in [0.1, 0.15) is 0 Å². The minimum Gasteiger partial charge on any atom is -0.0764 e. The van der Waals surface area contributed by atoms with Crippen LogP contribution < -0.4 is 0 Å². The van der Waals surface area contributed by atoms with Crippen molar-refractivity contribution in [3.8, 4) is 11.1 Å². The van der Waals surface area contributed by atoms with E-state index in [1.165, 1.54) is 66.8 Å². The average Bonchev–Trinajstić information content (AvgIpc) is 3.56. The topological polar surface area (TPSA) is 0 Å². The highest BCUT2D eigenvalue weighted by Crippen LogP contribution is 2.61. The SMILES string of the molecule is Cc1ccc(C(c2ccc(C)cc2)(C2C=CC=C2)C2c3cc(C)c(C(C)(C)C)cc3-c3cc(C(C)(C)C)c(C)cc32)cc1. The molecule has 0 radical (unpaired) electrons. The molecular weight excluding hydrogens is 516 g/mol. The highest BCUT2D eigenvalue weighted by atomic mass is 14.5. The standard InChI is InChI=1S/C43H48/c1-27-15-19-32(20-16-27)43(31-13-11-12-14-31,33-21-17-28(2)18-22-33)40-36-23-29(3)38(41(5,6)7)25-34(36)35-26-39(42(8,9)10)30(4)24-37(35)40/h11-26,31,40H,1-10H3. The molecule has 0 fully saturated rings. The Hall–Kier alpha value is -3.64. The zero-order chi connectivity index (χ0) is 30.9. The molecule has 6 rings (SSSR count). The number of rotatable bonds is 4. The zero-order valence-electron chi connectivity index (χ0n) is 27.9. The molecule has 0 unspecified atom stereocenters. The van der Waals surface area contributed by atoms with Gasteiger partial charge in [-0.1, -0.05) is 150 Å². The van der Waals surface area contributed by atoms with Gasteiger partial charge in [0, 0.05) is 17.3 Å². The molecule has 0 aromatic heterocycles. The van der Waals surface area contributed by atoms with Crippen molar-refractivity contribution >= 4 is 0 Å². The maximum Gasteiger partial charge on any atom is 0.0409 e. The molecule has 0 atom stereocenters. The Labute approximate surface area is 260 Å². The van der Waals surface area contributed by atoms with E-state index in [0.717, 1.165) is 0 Å². The first-order valence-corrected chi connectivity index (χ1v) is 16.0. The molecule has 2 aliphatic carbocycles. The van der Waals surface area contributed by atoms with Crippen molar-refractivity contribution in [2.75, 3.05) is 0 Å². The van der Waals surface area contributed by atoms with Crippen molar-refractivity contribution in [1.29, 1.82) is 0 Å². The third-order valence-electron chi connectivity index (χ3n) is 10.1. The summed E-state index contributed by atoms with van der Waals surface area (Å²) in [4.78, 5) is 0. The molecule has 43 heavy (non-hydrogen) atoms. The summed E-state index contributed by atoms with van der Waals surface area (Å²) >= 11 is 0. The summed E-state index contributed by atoms with van der Waals surface area (Å²) in [5.74, 6) is 0.368. The lowest BCUT2D eigenvalue weighted by Crippen LogP contribution is -2.41. The van der Waals surface area contributed by atoms with Gasteiger partial charge in [0.25, 0.3) is 0 Å². The van der Waals surface area contributed by atoms with Gasteiger partial charge >= 0.3 is 0 Å². The maximum atomic E-state index is 2.55. The first kappa shape index (κ1) is 29.4. The fourth-order valence-electron chi connectivity index (χ4n) is 8.15. The second-order valence-corrected chi connectivity index (χ2v) is 15.3. The van der Waals surface area contributed by atoms with Gasteiger partial charge in [-0.3, -0.25) is 0 Å². The monoisotopic (exact) mass is 564 g/mol. The van der Waals surface area contributed by atoms with Gasteiger partial charge in [-0.2, -0.15) is 0 Å². The van der Waals surface area contributed by atoms with E-state index in [9.17, 15) is 0 Å². The lowest BCUT2D eigenvalue weighted by molar-refractivity contribution is 0.395. The van der Waals surface area contributed by atoms with Gasteiger partial charge in [0.15, 0.2) is 0 Å². The second-order valence-electron chi connectivity index (χ2n) is 15.3. The minimum atomic E-state index is -0.323. The van der Waals surface area contributed by atoms with Crippen LogP contribution in [0.3, 0.4) is 0 Å². The number of aryl methyl sites for hydroxylation is 4. The Morgan fingerprint density at radius 2 is 0.860 bits per heavy atom. The van der Waals surface area contributed by atoms with Crippen LogP contribution in [0.15, 0.2) is 97.1 Å². The van der Waals surface area contributed by atoms with E-state index in [1.54, 1.807) is 0 Å². The van der Waals surface area contributed by atoms with Crippen LogP contribution in [0.5, 0.6) is 0 Å². The van der Waals surface area contributed by atoms with E-state index >= 15 is 0 Å². The van der Waals surface area contributed by atoms with Crippen molar-refractivity contribution in [1.82, 2.24) is 0 Å². The number of fused-ring (bicyclic) bond motifs is 3. The van der Waals surface area contributed by atoms with Crippen molar-refractivity contribution < 1.29 is 0 Å². The lowest BCUT2D eigenvalue weighted by Gasteiger charge is -2.45. The van der Waals surface area contributed by atoms with Gasteiger partial charge in [0.05, 0.1) is 0 Å². The molecule has 0 heterocycles. The van der Waals surface area contributed by atoms with Gasteiger partial charge < -0.3 is 0 Å². The van der Waals surface area contributed by atoms with Crippen molar-refractivity contribution in [2.45, 2.75) is 91.4 Å². The second kappa shape index (κ2) is 10.2. The van der Waals surface area contributed by atoms with Gasteiger partial charge in [-0.15, -0.1) is 0 Å². The molecule has 0 saturated heterocycles. The van der Waals surface area contributed by atoms with Crippen molar-refractivity contribution in [2.24, 2.45) is 5.92 Å². The fourth-order valence-corrected chi connectivity index (χ4v) is 8.15. The van der Waals surface area contributed by atoms with Crippen LogP contribution in [-0.2, 0) is 16.2 Å². The first-order chi connectivity index (χ1) is 20.2. The molecule has 0 N–H and O–H groups in total. The normalized spacial score (nSPS) is 15.3. The molecule has 0 saturated carbocycles. The molecule has 0 bridgehead atoms. The van der Waals surface area contributed by atoms with Crippen molar-refractivity contribution in [3.05, 3.63) is 153 Å². The molecule has 0 nitrogen and oxygen atoms in total. The molecule has 0 aliphatic heterocycles. The molecule has 0 amide bonds. The zero-order valence-corrected chi connectivity index (χ0v) is 27.9. The van der Waals surface area contributed by atoms with Crippen LogP contribution >= 0.6 is 0 Å². The molecule has 4 aromatic carbocycles. The molecule has 220 valence electrons. The summed E-state index contributed by atoms with van der Waals surface area (Å²) < 4.78 is 0. The third kappa shape index (κ3) is 4.75. The lowest BCUT2D eigenvalue weighted by atomic mass is 9.56. The summed E-state index contributed by atoms with van der Waals surface area (Å²) in [7, 11) is 0. The summed E-state index contributed by atoms with van der Waals surface area (Å²) in [6.45, 7) is 23.1. The Morgan fingerprint density at radius 1 is 0.488 bits per heavy atom. The maximum absolute atomic E-state index is 2.55. The van der Waals surface area contributed by atoms with Crippen LogP contribution in [0.25, 0.3) is 11.1 Å². The number of allylic oxidation sites excluding steroid dienone is 4. The Bertz CT molecular complexity index is 1610. The summed E-state index contributed by atoms with van der Waals surface area (Å²) in [6.07, 6.45) is 9.37. The van der Waals surface area contributed by atoms with E-state index < -0.39 is 0 Å². The predicted octanol–water partition coefficient (Wildman–Crippen LogP) is 11.4. The first-order valence-electron chi connectivity index (χ1n) is 16.0. The molecule has 0 spiro atoms. The van der Waals surface area contributed by atoms with E-state index in [4.69, 9.17) is 0 Å². The van der Waals surface area contributed by atoms with Gasteiger partial charge in [-0.25, -0.2) is 0 Å². The quantitative estimate of drug-likeness (QED) is 0.231. The van der Waals surface area contributed by atoms with E-state index in [-0.39, 0.29) is 28.1 Å². The highest BCUT2D eigenvalue weighted by molar-refractivity contribution is 5.83. The molecule has 4 aromatic rings. The van der Waals surface area contributed by atoms with Crippen LogP contribution in [0.4, 0.5) is 0 Å². The minimum absolute atomic E-state index is 0.0663. The average molecular weight is 565 g/mol. The van der Waals surface area contributed by atoms with Crippen LogP contribution in [0.2, 0.25) is 0 Å². The smallest absolute Gasteiger partial charge is 0.0409 e. The van der Waals surface area contributed by atoms with Crippen LogP contribution in [-0.4, -0.2) is 0 Å². The largest absolute Gasteiger partial charge is 0.0764 e. The number of hydrogen-bond donors (Lipinski definition) is 0. The van der Waals surface area contributed by atoms with Crippen LogP contribution in [0.1, 0.15) is 103 Å². The van der Waals surface area contributed by atoms with Crippen LogP contribution in [0, 0.1) is 33.6 Å². The summed E-state index contributed by atoms with van der Waals surface area (Å²) in [6, 6.07) is 29.0. The molecule has 0 heteroatoms. The van der Waals surface area contributed by atoms with E-state index in [1.807, 2.05) is 0 Å². The number of benzene rings is 4. The van der Waals surface area contributed by atoms with Gasteiger partial charge in [0.2, 0.25) is 0 Å². The summed E-state index contributed by atoms with van der Waals surface area (Å²) in [5.41, 5.74) is 16.5. The number of hydrogen-bond acceptors (Lipinski definition) is 0.